The first-order valence-corrected chi connectivity index (χ1v) is 22.1. The Hall–Kier alpha value is -6.43. The van der Waals surface area contributed by atoms with Crippen molar-refractivity contribution in [2.75, 3.05) is 13.2 Å². The van der Waals surface area contributed by atoms with Crippen LogP contribution in [-0.4, -0.2) is 113 Å². The summed E-state index contributed by atoms with van der Waals surface area (Å²) in [5, 5.41) is 28.8. The summed E-state index contributed by atoms with van der Waals surface area (Å²) in [5.41, 5.74) is -7.41. The van der Waals surface area contributed by atoms with E-state index in [0.717, 1.165) is 13.8 Å². The second-order valence-corrected chi connectivity index (χ2v) is 18.1. The molecule has 1 aliphatic heterocycles. The Morgan fingerprint density at radius 3 is 1.99 bits per heavy atom. The van der Waals surface area contributed by atoms with Gasteiger partial charge < -0.3 is 48.7 Å². The fourth-order valence-electron chi connectivity index (χ4n) is 10.5. The van der Waals surface area contributed by atoms with Crippen molar-refractivity contribution in [3.8, 4) is 0 Å². The van der Waals surface area contributed by atoms with E-state index < -0.39 is 119 Å². The molecule has 17 heteroatoms. The highest BCUT2D eigenvalue weighted by molar-refractivity contribution is 5.96. The second-order valence-electron chi connectivity index (χ2n) is 18.1. The quantitative estimate of drug-likeness (QED) is 0.124. The molecule has 7 rings (SSSR count). The topological polar surface area (TPSA) is 237 Å². The van der Waals surface area contributed by atoms with Crippen molar-refractivity contribution in [2.24, 2.45) is 16.7 Å². The van der Waals surface area contributed by atoms with Gasteiger partial charge in [0.2, 0.25) is 6.10 Å². The molecule has 0 spiro atoms. The van der Waals surface area contributed by atoms with Crippen molar-refractivity contribution in [1.82, 2.24) is 5.32 Å². The van der Waals surface area contributed by atoms with Crippen LogP contribution >= 0.6 is 0 Å². The number of Topliss-reactive ketones (excluding diaryl/α,β-unsaturated/α-hetero) is 1. The van der Waals surface area contributed by atoms with Crippen molar-refractivity contribution < 1.29 is 76.9 Å². The maximum atomic E-state index is 15.6. The Balaban J connectivity index is 1.42. The van der Waals surface area contributed by atoms with Crippen molar-refractivity contribution in [2.45, 2.75) is 115 Å². The van der Waals surface area contributed by atoms with Gasteiger partial charge in [0.05, 0.1) is 36.2 Å². The first-order chi connectivity index (χ1) is 31.7. The van der Waals surface area contributed by atoms with Crippen LogP contribution in [0.15, 0.2) is 102 Å². The van der Waals surface area contributed by atoms with Crippen LogP contribution in [0.3, 0.4) is 0 Å². The van der Waals surface area contributed by atoms with Crippen molar-refractivity contribution >= 4 is 41.7 Å². The SMILES string of the molecule is CCOC(=O)O[C@H](C(=O)O[C@H]1C[C@@]2(O)[C@@H](OC(=O)c3ccccc3)C3[C@]4(OC(C)=O)COC4C[C@H](O)[C@@]3(C)C(=O)[C@H](OC(C)=O)C(=C1C)C2(C)C)[C@@H](NC(=O)c1ccccc1)c1ccccc1. The van der Waals surface area contributed by atoms with Crippen molar-refractivity contribution in [3.05, 3.63) is 119 Å². The molecule has 0 aromatic heterocycles. The number of ketones is 1. The molecule has 0 radical (unpaired) electrons. The number of aliphatic hydroxyl groups excluding tert-OH is 1. The van der Waals surface area contributed by atoms with Gasteiger partial charge in [-0.2, -0.15) is 0 Å². The molecular formula is C50H55NO16. The van der Waals surface area contributed by atoms with Crippen LogP contribution in [-0.2, 0) is 52.3 Å². The predicted molar refractivity (Wildman–Crippen MR) is 234 cm³/mol. The summed E-state index contributed by atoms with van der Waals surface area (Å²) in [6.45, 7) is 9.23. The van der Waals surface area contributed by atoms with Crippen LogP contribution in [0.1, 0.15) is 93.6 Å². The molecule has 11 atom stereocenters. The minimum Gasteiger partial charge on any atom is -0.455 e. The normalized spacial score (nSPS) is 30.2. The van der Waals surface area contributed by atoms with Gasteiger partial charge in [0.1, 0.15) is 30.0 Å². The van der Waals surface area contributed by atoms with E-state index in [2.05, 4.69) is 5.32 Å². The molecule has 3 fully saturated rings. The Morgan fingerprint density at radius 1 is 0.836 bits per heavy atom. The summed E-state index contributed by atoms with van der Waals surface area (Å²) in [5.74, 6) is -7.04. The van der Waals surface area contributed by atoms with E-state index in [9.17, 15) is 39.0 Å². The number of nitrogens with one attached hydrogen (secondary N) is 1. The average molecular weight is 926 g/mol. The average Bonchev–Trinajstić information content (AvgIpc) is 3.29. The van der Waals surface area contributed by atoms with E-state index in [-0.39, 0.29) is 41.9 Å². The number of esters is 4. The Morgan fingerprint density at radius 2 is 1.43 bits per heavy atom. The first-order valence-electron chi connectivity index (χ1n) is 22.1. The number of carbonyl (C=O) groups is 7. The fourth-order valence-corrected chi connectivity index (χ4v) is 10.5. The van der Waals surface area contributed by atoms with E-state index in [0.29, 0.717) is 5.56 Å². The lowest BCUT2D eigenvalue weighted by Crippen LogP contribution is -2.82. The third-order valence-corrected chi connectivity index (χ3v) is 13.9. The number of fused-ring (bicyclic) bond motifs is 5. The minimum atomic E-state index is -2.45. The molecule has 2 unspecified atom stereocenters. The largest absolute Gasteiger partial charge is 0.509 e. The van der Waals surface area contributed by atoms with E-state index >= 15 is 4.79 Å². The maximum Gasteiger partial charge on any atom is 0.509 e. The van der Waals surface area contributed by atoms with E-state index in [1.807, 2.05) is 0 Å². The van der Waals surface area contributed by atoms with Gasteiger partial charge in [-0.15, -0.1) is 0 Å². The highest BCUT2D eigenvalue weighted by Gasteiger charge is 2.78. The molecule has 2 bridgehead atoms. The molecule has 3 aromatic rings. The number of aliphatic hydroxyl groups is 2. The second kappa shape index (κ2) is 18.7. The molecule has 3 aliphatic carbocycles. The molecule has 3 N–H and O–H groups in total. The van der Waals surface area contributed by atoms with Crippen LogP contribution in [0, 0.1) is 16.7 Å². The highest BCUT2D eigenvalue weighted by Crippen LogP contribution is 2.64. The Kier molecular flexibility index (Phi) is 13.5. The number of amides is 1. The lowest BCUT2D eigenvalue weighted by Gasteiger charge is -2.67. The van der Waals surface area contributed by atoms with Gasteiger partial charge in [0.15, 0.2) is 17.5 Å². The van der Waals surface area contributed by atoms with Gasteiger partial charge in [-0.25, -0.2) is 14.4 Å². The zero-order chi connectivity index (χ0) is 48.6. The fraction of sp³-hybridized carbons (Fsp3) is 0.460. The molecule has 3 aromatic carbocycles. The van der Waals surface area contributed by atoms with Gasteiger partial charge in [0, 0.05) is 37.7 Å². The number of benzene rings is 3. The maximum absolute atomic E-state index is 15.6. The molecule has 1 saturated heterocycles. The van der Waals surface area contributed by atoms with Crippen LogP contribution in [0.5, 0.6) is 0 Å². The van der Waals surface area contributed by atoms with E-state index in [4.69, 9.17) is 33.2 Å². The highest BCUT2D eigenvalue weighted by atomic mass is 16.7. The van der Waals surface area contributed by atoms with Crippen LogP contribution < -0.4 is 5.32 Å². The zero-order valence-electron chi connectivity index (χ0n) is 38.2. The van der Waals surface area contributed by atoms with Crippen LogP contribution in [0.4, 0.5) is 4.79 Å². The van der Waals surface area contributed by atoms with Gasteiger partial charge >= 0.3 is 30.0 Å². The number of ether oxygens (including phenoxy) is 7. The minimum absolute atomic E-state index is 0.0414. The molecule has 17 nitrogen and oxygen atoms in total. The molecule has 1 amide bonds. The molecule has 4 aliphatic rings. The molecule has 356 valence electrons. The van der Waals surface area contributed by atoms with Crippen LogP contribution in [0.25, 0.3) is 0 Å². The molecule has 1 heterocycles. The Bertz CT molecular complexity index is 2440. The number of carbonyl (C=O) groups excluding carboxylic acids is 7. The van der Waals surface area contributed by atoms with Crippen LogP contribution in [0.2, 0.25) is 0 Å². The number of rotatable bonds is 12. The predicted octanol–water partition coefficient (Wildman–Crippen LogP) is 4.92. The van der Waals surface area contributed by atoms with Gasteiger partial charge in [0.25, 0.3) is 5.91 Å². The summed E-state index contributed by atoms with van der Waals surface area (Å²) < 4.78 is 41.4. The molecule has 67 heavy (non-hydrogen) atoms. The molecular weight excluding hydrogens is 871 g/mol. The van der Waals surface area contributed by atoms with Gasteiger partial charge in [-0.1, -0.05) is 80.6 Å². The van der Waals surface area contributed by atoms with Crippen molar-refractivity contribution in [3.63, 3.8) is 0 Å². The molecule has 2 saturated carbocycles. The Labute approximate surface area is 387 Å². The first kappa shape index (κ1) is 48.5. The van der Waals surface area contributed by atoms with Gasteiger partial charge in [-0.3, -0.25) is 19.2 Å². The van der Waals surface area contributed by atoms with Crippen molar-refractivity contribution in [1.29, 1.82) is 0 Å². The summed E-state index contributed by atoms with van der Waals surface area (Å²) in [6, 6.07) is 22.6. The third-order valence-electron chi connectivity index (χ3n) is 13.9. The summed E-state index contributed by atoms with van der Waals surface area (Å²) >= 11 is 0. The summed E-state index contributed by atoms with van der Waals surface area (Å²) in [7, 11) is 0. The van der Waals surface area contributed by atoms with E-state index in [1.54, 1.807) is 92.7 Å². The lowest BCUT2D eigenvalue weighted by molar-refractivity contribution is -0.346. The van der Waals surface area contributed by atoms with E-state index in [1.165, 1.54) is 32.9 Å². The summed E-state index contributed by atoms with van der Waals surface area (Å²) in [6.07, 6.45) is -12.0. The number of hydrogen-bond acceptors (Lipinski definition) is 16. The smallest absolute Gasteiger partial charge is 0.455 e. The summed E-state index contributed by atoms with van der Waals surface area (Å²) in [4.78, 5) is 98.1. The zero-order valence-corrected chi connectivity index (χ0v) is 38.2. The lowest BCUT2D eigenvalue weighted by atomic mass is 9.44. The number of hydrogen-bond donors (Lipinski definition) is 3. The standard InChI is InChI=1S/C50H55NO16/c1-8-61-46(59)65-39(37(30-18-12-9-13-19-30)51-43(56)31-20-14-10-15-21-31)45(58)64-33-25-50(60)42(66-44(57)32-22-16-11-17-23-32)40-48(7,34(54)24-35-49(40,26-62-35)67-29(4)53)41(55)38(63-28(3)52)36(27(33)2)47(50,5)6/h9-23,33-35,37-40,42,54,60H,8,24-26H2,1-7H3,(H,51,56)/t33-,34-,35?,37-,38+,39-,40?,42-,48+,49-,50+/m0/s1. The monoisotopic (exact) mass is 925 g/mol. The third kappa shape index (κ3) is 8.59. The van der Waals surface area contributed by atoms with Gasteiger partial charge in [-0.05, 0) is 61.7 Å².